The van der Waals surface area contributed by atoms with Crippen LogP contribution in [0.15, 0.2) is 16.9 Å². The van der Waals surface area contributed by atoms with E-state index in [2.05, 4.69) is 50.6 Å². The van der Waals surface area contributed by atoms with Crippen molar-refractivity contribution in [3.8, 4) is 0 Å². The van der Waals surface area contributed by atoms with Crippen molar-refractivity contribution in [1.29, 1.82) is 0 Å². The fourth-order valence-electron chi connectivity index (χ4n) is 3.50. The van der Waals surface area contributed by atoms with Crippen molar-refractivity contribution in [3.63, 3.8) is 0 Å². The number of rotatable bonds is 6. The summed E-state index contributed by atoms with van der Waals surface area (Å²) in [4.78, 5) is 19.1. The van der Waals surface area contributed by atoms with Crippen LogP contribution in [0, 0.1) is 32.6 Å². The number of hydrogen-bond donors (Lipinski definition) is 1. The maximum Gasteiger partial charge on any atom is 0.194 e. The first kappa shape index (κ1) is 18.7. The Balaban J connectivity index is 2.51. The van der Waals surface area contributed by atoms with Crippen molar-refractivity contribution in [2.24, 2.45) is 11.8 Å². The summed E-state index contributed by atoms with van der Waals surface area (Å²) in [7, 11) is 0. The lowest BCUT2D eigenvalue weighted by atomic mass is 10.0. The minimum absolute atomic E-state index is 0.194. The standard InChI is InChI=1S/C21H32N2O/c1-13(2)10-23(11-14(3)4)12-18-17(7)22-20-16(6)9-8-15(5)19(20)21(18)24/h8-9,13-14H,10-12H2,1-7H3,(H,22,24). The minimum Gasteiger partial charge on any atom is -0.358 e. The van der Waals surface area contributed by atoms with Gasteiger partial charge in [-0.1, -0.05) is 39.8 Å². The van der Waals surface area contributed by atoms with E-state index < -0.39 is 0 Å². The fourth-order valence-corrected chi connectivity index (χ4v) is 3.50. The van der Waals surface area contributed by atoms with Crippen LogP contribution in [-0.4, -0.2) is 23.0 Å². The van der Waals surface area contributed by atoms with E-state index in [0.717, 1.165) is 52.9 Å². The minimum atomic E-state index is 0.194. The van der Waals surface area contributed by atoms with Crippen molar-refractivity contribution in [1.82, 2.24) is 9.88 Å². The number of pyridine rings is 1. The monoisotopic (exact) mass is 328 g/mol. The van der Waals surface area contributed by atoms with E-state index in [1.54, 1.807) is 0 Å². The first-order valence-electron chi connectivity index (χ1n) is 9.04. The highest BCUT2D eigenvalue weighted by molar-refractivity contribution is 5.85. The number of H-pyrrole nitrogens is 1. The van der Waals surface area contributed by atoms with Crippen molar-refractivity contribution in [2.45, 2.75) is 55.0 Å². The van der Waals surface area contributed by atoms with Crippen molar-refractivity contribution in [2.75, 3.05) is 13.1 Å². The van der Waals surface area contributed by atoms with Gasteiger partial charge >= 0.3 is 0 Å². The molecule has 1 aromatic carbocycles. The van der Waals surface area contributed by atoms with E-state index in [0.29, 0.717) is 11.8 Å². The highest BCUT2D eigenvalue weighted by atomic mass is 16.1. The lowest BCUT2D eigenvalue weighted by Gasteiger charge is -2.26. The van der Waals surface area contributed by atoms with Gasteiger partial charge in [-0.25, -0.2) is 0 Å². The van der Waals surface area contributed by atoms with Gasteiger partial charge in [-0.3, -0.25) is 9.69 Å². The Morgan fingerprint density at radius 3 is 2.04 bits per heavy atom. The Bertz CT molecular complexity index is 761. The summed E-state index contributed by atoms with van der Waals surface area (Å²) in [6.45, 7) is 17.8. The molecule has 24 heavy (non-hydrogen) atoms. The zero-order valence-corrected chi connectivity index (χ0v) is 16.3. The summed E-state index contributed by atoms with van der Waals surface area (Å²) in [5, 5.41) is 0.852. The molecule has 2 aromatic rings. The molecule has 0 aliphatic rings. The maximum atomic E-state index is 13.2. The first-order valence-corrected chi connectivity index (χ1v) is 9.04. The van der Waals surface area contributed by atoms with Gasteiger partial charge in [-0.2, -0.15) is 0 Å². The number of benzene rings is 1. The van der Waals surface area contributed by atoms with Gasteiger partial charge in [0.1, 0.15) is 0 Å². The third kappa shape index (κ3) is 4.07. The first-order chi connectivity index (χ1) is 11.2. The number of aryl methyl sites for hydroxylation is 3. The predicted molar refractivity (Wildman–Crippen MR) is 104 cm³/mol. The molecular weight excluding hydrogens is 296 g/mol. The molecule has 1 aromatic heterocycles. The highest BCUT2D eigenvalue weighted by Crippen LogP contribution is 2.20. The molecule has 0 aliphatic carbocycles. The number of nitrogens with zero attached hydrogens (tertiary/aromatic N) is 1. The Morgan fingerprint density at radius 1 is 0.958 bits per heavy atom. The molecule has 132 valence electrons. The maximum absolute atomic E-state index is 13.2. The van der Waals surface area contributed by atoms with Crippen LogP contribution in [-0.2, 0) is 6.54 Å². The summed E-state index contributed by atoms with van der Waals surface area (Å²) in [5.74, 6) is 1.18. The van der Waals surface area contributed by atoms with Gasteiger partial charge in [-0.15, -0.1) is 0 Å². The average molecular weight is 329 g/mol. The molecule has 0 amide bonds. The van der Waals surface area contributed by atoms with Crippen LogP contribution in [0.2, 0.25) is 0 Å². The molecule has 0 radical (unpaired) electrons. The molecule has 0 saturated carbocycles. The van der Waals surface area contributed by atoms with Gasteiger partial charge in [0.2, 0.25) is 0 Å². The Morgan fingerprint density at radius 2 is 1.50 bits per heavy atom. The van der Waals surface area contributed by atoms with E-state index in [1.165, 1.54) is 0 Å². The number of nitrogens with one attached hydrogen (secondary N) is 1. The van der Waals surface area contributed by atoms with Crippen LogP contribution >= 0.6 is 0 Å². The molecule has 0 bridgehead atoms. The second kappa shape index (κ2) is 7.52. The van der Waals surface area contributed by atoms with E-state index in [1.807, 2.05) is 19.9 Å². The van der Waals surface area contributed by atoms with Crippen LogP contribution in [0.4, 0.5) is 0 Å². The molecule has 0 unspecified atom stereocenters. The second-order valence-corrected chi connectivity index (χ2v) is 7.99. The Hall–Kier alpha value is -1.61. The quantitative estimate of drug-likeness (QED) is 0.843. The summed E-state index contributed by atoms with van der Waals surface area (Å²) >= 11 is 0. The number of fused-ring (bicyclic) bond motifs is 1. The summed E-state index contributed by atoms with van der Waals surface area (Å²) < 4.78 is 0. The zero-order valence-electron chi connectivity index (χ0n) is 16.3. The number of hydrogen-bond acceptors (Lipinski definition) is 2. The van der Waals surface area contributed by atoms with E-state index in [4.69, 9.17) is 0 Å². The van der Waals surface area contributed by atoms with E-state index >= 15 is 0 Å². The molecule has 0 atom stereocenters. The Kier molecular flexibility index (Phi) is 5.87. The molecule has 0 spiro atoms. The highest BCUT2D eigenvalue weighted by Gasteiger charge is 2.17. The lowest BCUT2D eigenvalue weighted by Crippen LogP contribution is -2.33. The molecule has 0 aliphatic heterocycles. The molecule has 1 N–H and O–H groups in total. The molecular formula is C21H32N2O. The Labute approximate surface area is 146 Å². The summed E-state index contributed by atoms with van der Waals surface area (Å²) in [5.41, 5.74) is 5.28. The lowest BCUT2D eigenvalue weighted by molar-refractivity contribution is 0.210. The SMILES string of the molecule is Cc1[nH]c2c(C)ccc(C)c2c(=O)c1CN(CC(C)C)CC(C)C. The van der Waals surface area contributed by atoms with Crippen LogP contribution in [0.5, 0.6) is 0 Å². The molecule has 2 rings (SSSR count). The van der Waals surface area contributed by atoms with Gasteiger partial charge in [-0.05, 0) is 43.7 Å². The van der Waals surface area contributed by atoms with Gasteiger partial charge in [0.15, 0.2) is 5.43 Å². The summed E-state index contributed by atoms with van der Waals surface area (Å²) in [6.07, 6.45) is 0. The van der Waals surface area contributed by atoms with Crippen molar-refractivity contribution >= 4 is 10.9 Å². The van der Waals surface area contributed by atoms with Gasteiger partial charge in [0.05, 0.1) is 5.52 Å². The average Bonchev–Trinajstić information content (AvgIpc) is 2.45. The van der Waals surface area contributed by atoms with Crippen LogP contribution in [0.3, 0.4) is 0 Å². The molecule has 3 nitrogen and oxygen atoms in total. The van der Waals surface area contributed by atoms with Gasteiger partial charge in [0, 0.05) is 36.3 Å². The largest absolute Gasteiger partial charge is 0.358 e. The molecule has 1 heterocycles. The van der Waals surface area contributed by atoms with E-state index in [-0.39, 0.29) is 5.43 Å². The van der Waals surface area contributed by atoms with Crippen molar-refractivity contribution in [3.05, 3.63) is 44.7 Å². The predicted octanol–water partition coefficient (Wildman–Crippen LogP) is 4.57. The van der Waals surface area contributed by atoms with Gasteiger partial charge in [0.25, 0.3) is 0 Å². The molecule has 0 fully saturated rings. The van der Waals surface area contributed by atoms with Gasteiger partial charge < -0.3 is 4.98 Å². The van der Waals surface area contributed by atoms with Crippen molar-refractivity contribution < 1.29 is 0 Å². The molecule has 0 saturated heterocycles. The zero-order chi connectivity index (χ0) is 18.0. The van der Waals surface area contributed by atoms with Crippen LogP contribution in [0.25, 0.3) is 10.9 Å². The molecule has 3 heteroatoms. The third-order valence-electron chi connectivity index (χ3n) is 4.52. The third-order valence-corrected chi connectivity index (χ3v) is 4.52. The summed E-state index contributed by atoms with van der Waals surface area (Å²) in [6, 6.07) is 4.13. The smallest absolute Gasteiger partial charge is 0.194 e. The normalized spacial score (nSPS) is 12.1. The van der Waals surface area contributed by atoms with E-state index in [9.17, 15) is 4.79 Å². The van der Waals surface area contributed by atoms with Crippen LogP contribution < -0.4 is 5.43 Å². The van der Waals surface area contributed by atoms with Crippen LogP contribution in [0.1, 0.15) is 50.1 Å². The second-order valence-electron chi connectivity index (χ2n) is 7.99. The number of aromatic amines is 1. The fraction of sp³-hybridized carbons (Fsp3) is 0.571. The number of aromatic nitrogens is 1. The topological polar surface area (TPSA) is 36.1 Å².